The van der Waals surface area contributed by atoms with Crippen LogP contribution in [0.25, 0.3) is 11.0 Å². The monoisotopic (exact) mass is 456 g/mol. The van der Waals surface area contributed by atoms with E-state index in [1.165, 1.54) is 0 Å². The maximum atomic E-state index is 12.0. The van der Waals surface area contributed by atoms with Gasteiger partial charge in [0.15, 0.2) is 16.0 Å². The van der Waals surface area contributed by atoms with E-state index in [1.54, 1.807) is 10.9 Å². The van der Waals surface area contributed by atoms with Gasteiger partial charge in [0, 0.05) is 37.2 Å². The number of aryl methyl sites for hydroxylation is 1. The van der Waals surface area contributed by atoms with E-state index in [0.29, 0.717) is 45.3 Å². The van der Waals surface area contributed by atoms with Gasteiger partial charge in [0.1, 0.15) is 5.75 Å². The van der Waals surface area contributed by atoms with Gasteiger partial charge in [0.2, 0.25) is 5.95 Å². The highest BCUT2D eigenvalue weighted by Crippen LogP contribution is 2.30. The first-order chi connectivity index (χ1) is 14.0. The van der Waals surface area contributed by atoms with Crippen LogP contribution in [0.5, 0.6) is 0 Å². The second kappa shape index (κ2) is 8.65. The lowest BCUT2D eigenvalue weighted by Gasteiger charge is -2.31. The minimum atomic E-state index is -0.891. The van der Waals surface area contributed by atoms with Gasteiger partial charge in [-0.15, -0.1) is 4.31 Å². The molecule has 1 aliphatic rings. The van der Waals surface area contributed by atoms with Crippen molar-refractivity contribution in [3.05, 3.63) is 22.7 Å². The molecule has 0 amide bonds. The van der Waals surface area contributed by atoms with Gasteiger partial charge in [-0.1, -0.05) is 23.2 Å². The first kappa shape index (κ1) is 20.7. The van der Waals surface area contributed by atoms with Crippen molar-refractivity contribution in [2.75, 3.05) is 24.2 Å². The fraction of sp³-hybridized carbons (Fsp3) is 0.529. The lowest BCUT2D eigenvalue weighted by atomic mass is 10.1. The minimum absolute atomic E-state index is 0.219. The predicted molar refractivity (Wildman–Crippen MR) is 115 cm³/mol. The molecule has 3 aromatic heterocycles. The van der Waals surface area contributed by atoms with Crippen molar-refractivity contribution in [1.29, 1.82) is 0 Å². The number of halogens is 2. The Balaban J connectivity index is 1.50. The molecular formula is C17H22Cl2N8OS. The predicted octanol–water partition coefficient (Wildman–Crippen LogP) is 3.41. The molecule has 156 valence electrons. The van der Waals surface area contributed by atoms with Crippen LogP contribution < -0.4 is 5.32 Å². The SMILES string of the molecule is CCn1nc(Cl)c2cnc(Nc3cn(C4CCN([S+]([O-])CC)CC4)nc3Cl)nc21. The average Bonchev–Trinajstić information content (AvgIpc) is 3.27. The summed E-state index contributed by atoms with van der Waals surface area (Å²) in [6.07, 6.45) is 5.27. The second-order valence-electron chi connectivity index (χ2n) is 6.75. The lowest BCUT2D eigenvalue weighted by molar-refractivity contribution is 0.261. The second-order valence-corrected chi connectivity index (χ2v) is 9.20. The van der Waals surface area contributed by atoms with Gasteiger partial charge >= 0.3 is 0 Å². The molecule has 1 fully saturated rings. The molecule has 0 radical (unpaired) electrons. The first-order valence-corrected chi connectivity index (χ1v) is 11.6. The largest absolute Gasteiger partial charge is 0.598 e. The van der Waals surface area contributed by atoms with E-state index in [9.17, 15) is 4.55 Å². The summed E-state index contributed by atoms with van der Waals surface area (Å²) in [6.45, 7) is 6.13. The van der Waals surface area contributed by atoms with Gasteiger partial charge in [0.25, 0.3) is 0 Å². The zero-order valence-electron chi connectivity index (χ0n) is 16.2. The van der Waals surface area contributed by atoms with Crippen LogP contribution in [0.1, 0.15) is 32.7 Å². The third-order valence-corrected chi connectivity index (χ3v) is 7.00. The van der Waals surface area contributed by atoms with E-state index in [1.807, 2.05) is 29.0 Å². The number of nitrogens with one attached hydrogen (secondary N) is 1. The summed E-state index contributed by atoms with van der Waals surface area (Å²) in [5, 5.41) is 13.3. The summed E-state index contributed by atoms with van der Waals surface area (Å²) >= 11 is 11.6. The molecule has 9 nitrogen and oxygen atoms in total. The maximum Gasteiger partial charge on any atom is 0.229 e. The Bertz CT molecular complexity index is 1000. The molecule has 1 aliphatic heterocycles. The number of piperidine rings is 1. The summed E-state index contributed by atoms with van der Waals surface area (Å²) in [7, 11) is 0. The zero-order chi connectivity index (χ0) is 20.5. The molecule has 29 heavy (non-hydrogen) atoms. The van der Waals surface area contributed by atoms with Crippen molar-refractivity contribution in [3.63, 3.8) is 0 Å². The maximum absolute atomic E-state index is 12.0. The summed E-state index contributed by atoms with van der Waals surface area (Å²) in [4.78, 5) is 8.84. The van der Waals surface area contributed by atoms with Crippen LogP contribution in [0.2, 0.25) is 10.3 Å². The van der Waals surface area contributed by atoms with Crippen molar-refractivity contribution in [2.24, 2.45) is 0 Å². The van der Waals surface area contributed by atoms with E-state index in [-0.39, 0.29) is 6.04 Å². The van der Waals surface area contributed by atoms with Gasteiger partial charge in [-0.3, -0.25) is 4.68 Å². The molecule has 4 rings (SSSR count). The average molecular weight is 457 g/mol. The van der Waals surface area contributed by atoms with E-state index >= 15 is 0 Å². The number of anilines is 2. The van der Waals surface area contributed by atoms with Crippen molar-refractivity contribution >= 4 is 57.2 Å². The molecule has 0 aliphatic carbocycles. The molecule has 1 unspecified atom stereocenters. The Morgan fingerprint density at radius 1 is 1.21 bits per heavy atom. The zero-order valence-corrected chi connectivity index (χ0v) is 18.5. The summed E-state index contributed by atoms with van der Waals surface area (Å²) < 4.78 is 17.6. The third kappa shape index (κ3) is 4.17. The van der Waals surface area contributed by atoms with Crippen LogP contribution in [0.4, 0.5) is 11.6 Å². The van der Waals surface area contributed by atoms with Crippen molar-refractivity contribution in [2.45, 2.75) is 39.3 Å². The quantitative estimate of drug-likeness (QED) is 0.567. The molecule has 1 saturated heterocycles. The smallest absolute Gasteiger partial charge is 0.229 e. The molecule has 0 saturated carbocycles. The highest BCUT2D eigenvalue weighted by molar-refractivity contribution is 7.89. The van der Waals surface area contributed by atoms with Gasteiger partial charge in [-0.2, -0.15) is 15.2 Å². The van der Waals surface area contributed by atoms with Crippen molar-refractivity contribution in [3.8, 4) is 0 Å². The Labute approximate surface area is 181 Å². The number of fused-ring (bicyclic) bond motifs is 1. The summed E-state index contributed by atoms with van der Waals surface area (Å²) in [5.74, 6) is 1.05. The molecule has 0 aromatic carbocycles. The van der Waals surface area contributed by atoms with Gasteiger partial charge < -0.3 is 9.87 Å². The molecule has 12 heteroatoms. The Hall–Kier alpha value is -1.59. The summed E-state index contributed by atoms with van der Waals surface area (Å²) in [6, 6.07) is 0.219. The normalized spacial score (nSPS) is 17.1. The highest BCUT2D eigenvalue weighted by atomic mass is 35.5. The molecule has 1 atom stereocenters. The number of aromatic nitrogens is 6. The molecule has 4 heterocycles. The minimum Gasteiger partial charge on any atom is -0.598 e. The van der Waals surface area contributed by atoms with E-state index in [4.69, 9.17) is 23.2 Å². The molecule has 3 aromatic rings. The molecule has 1 N–H and O–H groups in total. The standard InChI is InChI=1S/C17H22Cl2N8OS/c1-3-26-16-12(14(18)23-26)9-20-17(22-16)21-13-10-27(24-15(13)19)11-5-7-25(8-6-11)29(28)4-2/h9-11H,3-8H2,1-2H3,(H,20,21,22). The number of hydrogen-bond acceptors (Lipinski definition) is 7. The van der Waals surface area contributed by atoms with Crippen LogP contribution in [0.15, 0.2) is 12.4 Å². The third-order valence-electron chi connectivity index (χ3n) is 5.01. The van der Waals surface area contributed by atoms with Crippen LogP contribution in [0.3, 0.4) is 0 Å². The Morgan fingerprint density at radius 3 is 2.66 bits per heavy atom. The Morgan fingerprint density at radius 2 is 1.97 bits per heavy atom. The van der Waals surface area contributed by atoms with Gasteiger partial charge in [-0.05, 0) is 26.7 Å². The fourth-order valence-electron chi connectivity index (χ4n) is 3.46. The van der Waals surface area contributed by atoms with Crippen molar-refractivity contribution < 1.29 is 4.55 Å². The van der Waals surface area contributed by atoms with Crippen molar-refractivity contribution in [1.82, 2.24) is 33.8 Å². The van der Waals surface area contributed by atoms with E-state index < -0.39 is 11.4 Å². The highest BCUT2D eigenvalue weighted by Gasteiger charge is 2.28. The molecule has 0 spiro atoms. The van der Waals surface area contributed by atoms with Crippen LogP contribution in [-0.2, 0) is 17.9 Å². The number of nitrogens with zero attached hydrogens (tertiary/aromatic N) is 7. The topological polar surface area (TPSA) is 99.8 Å². The first-order valence-electron chi connectivity index (χ1n) is 9.54. The number of hydrogen-bond donors (Lipinski definition) is 1. The van der Waals surface area contributed by atoms with Crippen LogP contribution >= 0.6 is 23.2 Å². The van der Waals surface area contributed by atoms with E-state index in [2.05, 4.69) is 25.5 Å². The Kier molecular flexibility index (Phi) is 6.16. The molecular weight excluding hydrogens is 435 g/mol. The van der Waals surface area contributed by atoms with Gasteiger partial charge in [-0.25, -0.2) is 9.67 Å². The van der Waals surface area contributed by atoms with Crippen LogP contribution in [0, 0.1) is 0 Å². The fourth-order valence-corrected chi connectivity index (χ4v) is 4.85. The summed E-state index contributed by atoms with van der Waals surface area (Å²) in [5.41, 5.74) is 1.30. The lowest BCUT2D eigenvalue weighted by Crippen LogP contribution is -2.39. The number of rotatable bonds is 6. The van der Waals surface area contributed by atoms with Gasteiger partial charge in [0.05, 0.1) is 23.3 Å². The van der Waals surface area contributed by atoms with E-state index in [0.717, 1.165) is 25.9 Å². The molecule has 0 bridgehead atoms. The van der Waals surface area contributed by atoms with Crippen LogP contribution in [-0.4, -0.2) is 57.2 Å².